The number of nitrogens with zero attached hydrogens (tertiary/aromatic N) is 3. The van der Waals surface area contributed by atoms with Gasteiger partial charge in [-0.05, 0) is 68.8 Å². The maximum absolute atomic E-state index is 12.1. The summed E-state index contributed by atoms with van der Waals surface area (Å²) in [6, 6.07) is 12.8. The molecule has 0 aliphatic heterocycles. The van der Waals surface area contributed by atoms with Crippen LogP contribution in [0.25, 0.3) is 10.9 Å². The first-order chi connectivity index (χ1) is 17.9. The molecule has 0 saturated heterocycles. The average Bonchev–Trinajstić information content (AvgIpc) is 3.71. The summed E-state index contributed by atoms with van der Waals surface area (Å²) >= 11 is 0. The van der Waals surface area contributed by atoms with Crippen LogP contribution in [0.3, 0.4) is 0 Å². The van der Waals surface area contributed by atoms with E-state index in [9.17, 15) is 15.2 Å². The second-order valence-electron chi connectivity index (χ2n) is 9.19. The highest BCUT2D eigenvalue weighted by molar-refractivity contribution is 5.91. The third-order valence-corrected chi connectivity index (χ3v) is 6.30. The van der Waals surface area contributed by atoms with Gasteiger partial charge in [0.05, 0.1) is 11.1 Å². The van der Waals surface area contributed by atoms with Crippen LogP contribution in [0.5, 0.6) is 17.2 Å². The molecule has 2 aromatic carbocycles. The molecular weight excluding hydrogens is 470 g/mol. The molecule has 9 heteroatoms. The number of aliphatic hydroxyl groups excluding tert-OH is 1. The maximum atomic E-state index is 12.1. The van der Waals surface area contributed by atoms with Gasteiger partial charge in [0.1, 0.15) is 36.0 Å². The fourth-order valence-corrected chi connectivity index (χ4v) is 4.00. The lowest BCUT2D eigenvalue weighted by molar-refractivity contribution is 0.0716. The zero-order chi connectivity index (χ0) is 26.4. The van der Waals surface area contributed by atoms with Crippen LogP contribution in [0.15, 0.2) is 42.6 Å². The van der Waals surface area contributed by atoms with Crippen molar-refractivity contribution in [1.82, 2.24) is 15.2 Å². The number of urea groups is 1. The molecule has 1 aromatic heterocycles. The van der Waals surface area contributed by atoms with Gasteiger partial charge in [-0.3, -0.25) is 4.98 Å². The number of carbonyl (C=O) groups excluding carboxylic acids is 1. The van der Waals surface area contributed by atoms with E-state index in [-0.39, 0.29) is 18.7 Å². The molecule has 0 radical (unpaired) electrons. The molecule has 1 aliphatic rings. The number of aliphatic hydroxyl groups is 1. The highest BCUT2D eigenvalue weighted by atomic mass is 16.5. The highest BCUT2D eigenvalue weighted by Gasteiger charge is 2.23. The van der Waals surface area contributed by atoms with Crippen LogP contribution in [0.2, 0.25) is 0 Å². The van der Waals surface area contributed by atoms with E-state index in [0.29, 0.717) is 45.9 Å². The van der Waals surface area contributed by atoms with Crippen molar-refractivity contribution in [2.45, 2.75) is 45.8 Å². The number of fused-ring (bicyclic) bond motifs is 1. The molecule has 1 aliphatic carbocycles. The minimum atomic E-state index is -0.676. The number of likely N-dealkylation sites (N-methyl/N-ethyl adjacent to an activating group) is 1. The number of ether oxygens (including phenoxy) is 2. The zero-order valence-corrected chi connectivity index (χ0v) is 21.5. The van der Waals surface area contributed by atoms with E-state index in [4.69, 9.17) is 9.47 Å². The van der Waals surface area contributed by atoms with Crippen LogP contribution in [-0.2, 0) is 0 Å². The quantitative estimate of drug-likeness (QED) is 0.351. The maximum Gasteiger partial charge on any atom is 0.319 e. The van der Waals surface area contributed by atoms with Crippen molar-refractivity contribution < 1.29 is 19.4 Å². The number of aryl methyl sites for hydroxylation is 1. The molecule has 4 rings (SSSR count). The Morgan fingerprint density at radius 1 is 1.22 bits per heavy atom. The first kappa shape index (κ1) is 26.2. The van der Waals surface area contributed by atoms with Crippen LogP contribution in [0.4, 0.5) is 10.5 Å². The van der Waals surface area contributed by atoms with E-state index in [1.165, 1.54) is 0 Å². The van der Waals surface area contributed by atoms with E-state index in [1.807, 2.05) is 26.8 Å². The number of nitrogens with one attached hydrogen (secondary N) is 2. The largest absolute Gasteiger partial charge is 0.489 e. The second kappa shape index (κ2) is 11.9. The van der Waals surface area contributed by atoms with Crippen LogP contribution < -0.4 is 20.1 Å². The van der Waals surface area contributed by atoms with Crippen LogP contribution in [0.1, 0.15) is 37.8 Å². The molecule has 9 nitrogen and oxygen atoms in total. The first-order valence-corrected chi connectivity index (χ1v) is 12.6. The molecule has 3 aromatic rings. The molecule has 1 atom stereocenters. The van der Waals surface area contributed by atoms with Crippen molar-refractivity contribution in [2.75, 3.05) is 31.6 Å². The summed E-state index contributed by atoms with van der Waals surface area (Å²) < 4.78 is 12.0. The van der Waals surface area contributed by atoms with E-state index in [0.717, 1.165) is 31.5 Å². The third-order valence-electron chi connectivity index (χ3n) is 6.30. The van der Waals surface area contributed by atoms with Crippen molar-refractivity contribution >= 4 is 22.6 Å². The van der Waals surface area contributed by atoms with Gasteiger partial charge in [0.25, 0.3) is 0 Å². The Hall–Kier alpha value is -3.87. The van der Waals surface area contributed by atoms with E-state index in [1.54, 1.807) is 36.5 Å². The fourth-order valence-electron chi connectivity index (χ4n) is 4.00. The topological polar surface area (TPSA) is 120 Å². The number of amides is 2. The lowest BCUT2D eigenvalue weighted by Gasteiger charge is -2.22. The van der Waals surface area contributed by atoms with Gasteiger partial charge in [-0.15, -0.1) is 0 Å². The predicted molar refractivity (Wildman–Crippen MR) is 142 cm³/mol. The first-order valence-electron chi connectivity index (χ1n) is 12.6. The molecule has 1 saturated carbocycles. The Labute approximate surface area is 217 Å². The Balaban J connectivity index is 1.49. The molecule has 1 heterocycles. The average molecular weight is 504 g/mol. The second-order valence-corrected chi connectivity index (χ2v) is 9.19. The van der Waals surface area contributed by atoms with Crippen molar-refractivity contribution in [3.05, 3.63) is 53.7 Å². The van der Waals surface area contributed by atoms with Crippen molar-refractivity contribution in [3.8, 4) is 23.3 Å². The van der Waals surface area contributed by atoms with E-state index < -0.39 is 6.10 Å². The summed E-state index contributed by atoms with van der Waals surface area (Å²) in [4.78, 5) is 18.6. The third kappa shape index (κ3) is 6.88. The standard InChI is InChI=1S/C28H33N5O4/c1-4-33(5-2)16-21(34)17-36-27-14-25-23(13-19(27)15-29)26(10-11-30-25)37-22-8-9-24(18(3)12-22)32-28(35)31-20-6-7-20/h8-14,20-21,34H,4-7,16-17H2,1-3H3,(H2,31,32,35)/t21-/m0/s1. The smallest absolute Gasteiger partial charge is 0.319 e. The lowest BCUT2D eigenvalue weighted by Crippen LogP contribution is -2.35. The highest BCUT2D eigenvalue weighted by Crippen LogP contribution is 2.34. The molecule has 37 heavy (non-hydrogen) atoms. The lowest BCUT2D eigenvalue weighted by atomic mass is 10.1. The van der Waals surface area contributed by atoms with E-state index >= 15 is 0 Å². The van der Waals surface area contributed by atoms with Crippen molar-refractivity contribution in [1.29, 1.82) is 5.26 Å². The molecule has 0 unspecified atom stereocenters. The molecule has 0 spiro atoms. The number of hydrogen-bond donors (Lipinski definition) is 3. The molecule has 0 bridgehead atoms. The summed E-state index contributed by atoms with van der Waals surface area (Å²) in [7, 11) is 0. The monoisotopic (exact) mass is 503 g/mol. The van der Waals surface area contributed by atoms with Gasteiger partial charge < -0.3 is 30.1 Å². The van der Waals surface area contributed by atoms with Crippen LogP contribution in [-0.4, -0.2) is 59.4 Å². The van der Waals surface area contributed by atoms with Gasteiger partial charge in [-0.25, -0.2) is 4.79 Å². The molecule has 194 valence electrons. The van der Waals surface area contributed by atoms with E-state index in [2.05, 4.69) is 26.6 Å². The van der Waals surface area contributed by atoms with Gasteiger partial charge in [-0.2, -0.15) is 5.26 Å². The number of anilines is 1. The number of rotatable bonds is 11. The van der Waals surface area contributed by atoms with Gasteiger partial charge in [0, 0.05) is 35.9 Å². The van der Waals surface area contributed by atoms with Crippen LogP contribution in [0, 0.1) is 18.3 Å². The molecule has 2 amide bonds. The zero-order valence-electron chi connectivity index (χ0n) is 21.5. The number of pyridine rings is 1. The number of aromatic nitrogens is 1. The summed E-state index contributed by atoms with van der Waals surface area (Å²) in [5.74, 6) is 1.51. The van der Waals surface area contributed by atoms with Gasteiger partial charge >= 0.3 is 6.03 Å². The molecule has 1 fully saturated rings. The number of nitriles is 1. The van der Waals surface area contributed by atoms with Crippen molar-refractivity contribution in [3.63, 3.8) is 0 Å². The molecule has 3 N–H and O–H groups in total. The van der Waals surface area contributed by atoms with Crippen molar-refractivity contribution in [2.24, 2.45) is 0 Å². The number of hydrogen-bond acceptors (Lipinski definition) is 7. The molecular formula is C28H33N5O4. The number of benzene rings is 2. The Morgan fingerprint density at radius 2 is 2.00 bits per heavy atom. The SMILES string of the molecule is CCN(CC)C[C@H](O)COc1cc2nccc(Oc3ccc(NC(=O)NC4CC4)c(C)c3)c2cc1C#N. The summed E-state index contributed by atoms with van der Waals surface area (Å²) in [5, 5.41) is 26.5. The minimum Gasteiger partial charge on any atom is -0.489 e. The Bertz CT molecular complexity index is 1300. The van der Waals surface area contributed by atoms with Crippen LogP contribution >= 0.6 is 0 Å². The fraction of sp³-hybridized carbons (Fsp3) is 0.393. The minimum absolute atomic E-state index is 0.0746. The summed E-state index contributed by atoms with van der Waals surface area (Å²) in [5.41, 5.74) is 2.51. The van der Waals surface area contributed by atoms with Gasteiger partial charge in [-0.1, -0.05) is 13.8 Å². The Kier molecular flexibility index (Phi) is 8.43. The number of carbonyl (C=O) groups is 1. The normalized spacial score (nSPS) is 13.7. The summed E-state index contributed by atoms with van der Waals surface area (Å²) in [6.07, 6.45) is 3.01. The van der Waals surface area contributed by atoms with Gasteiger partial charge in [0.15, 0.2) is 0 Å². The summed E-state index contributed by atoms with van der Waals surface area (Å²) in [6.45, 7) is 8.24. The van der Waals surface area contributed by atoms with Gasteiger partial charge in [0.2, 0.25) is 0 Å². The predicted octanol–water partition coefficient (Wildman–Crippen LogP) is 4.57. The Morgan fingerprint density at radius 3 is 2.68 bits per heavy atom.